The van der Waals surface area contributed by atoms with Gasteiger partial charge in [0.2, 0.25) is 0 Å². The monoisotopic (exact) mass is 377 g/mol. The zero-order valence-electron chi connectivity index (χ0n) is 15.0. The molecular formula is C18H18F3N5O. The summed E-state index contributed by atoms with van der Waals surface area (Å²) in [7, 11) is 0. The summed E-state index contributed by atoms with van der Waals surface area (Å²) in [6.45, 7) is 4.36. The smallest absolute Gasteiger partial charge is 0.166 e. The number of benzene rings is 1. The van der Waals surface area contributed by atoms with E-state index >= 15 is 0 Å². The lowest BCUT2D eigenvalue weighted by Gasteiger charge is -2.34. The summed E-state index contributed by atoms with van der Waals surface area (Å²) in [6, 6.07) is 2.84. The number of aliphatic hydroxyl groups is 1. The molecule has 3 rings (SSSR count). The van der Waals surface area contributed by atoms with Gasteiger partial charge >= 0.3 is 0 Å². The number of nitrogens with zero attached hydrogens (tertiary/aromatic N) is 5. The van der Waals surface area contributed by atoms with Gasteiger partial charge in [0.05, 0.1) is 17.9 Å². The zero-order valence-corrected chi connectivity index (χ0v) is 15.0. The molecule has 0 saturated carbocycles. The summed E-state index contributed by atoms with van der Waals surface area (Å²) in [5.74, 6) is -3.10. The van der Waals surface area contributed by atoms with Gasteiger partial charge in [0.15, 0.2) is 5.82 Å². The summed E-state index contributed by atoms with van der Waals surface area (Å²) >= 11 is 0. The fourth-order valence-corrected chi connectivity index (χ4v) is 3.10. The molecule has 0 radical (unpaired) electrons. The average Bonchev–Trinajstić information content (AvgIpc) is 3.10. The molecule has 1 aromatic carbocycles. The topological polar surface area (TPSA) is 76.7 Å². The molecule has 6 nitrogen and oxygen atoms in total. The van der Waals surface area contributed by atoms with Crippen LogP contribution in [0.15, 0.2) is 30.9 Å². The second-order valence-electron chi connectivity index (χ2n) is 6.42. The van der Waals surface area contributed by atoms with Crippen LogP contribution in [0.5, 0.6) is 0 Å². The predicted molar refractivity (Wildman–Crippen MR) is 90.2 cm³/mol. The van der Waals surface area contributed by atoms with Crippen LogP contribution in [0, 0.1) is 31.3 Å². The van der Waals surface area contributed by atoms with Crippen molar-refractivity contribution in [3.05, 3.63) is 71.1 Å². The van der Waals surface area contributed by atoms with Crippen molar-refractivity contribution in [1.29, 1.82) is 0 Å². The molecule has 142 valence electrons. The third-order valence-electron chi connectivity index (χ3n) is 4.55. The van der Waals surface area contributed by atoms with E-state index in [2.05, 4.69) is 20.1 Å². The maximum Gasteiger partial charge on any atom is 0.166 e. The second kappa shape index (κ2) is 7.07. The molecule has 2 heterocycles. The Balaban J connectivity index is 2.17. The van der Waals surface area contributed by atoms with Gasteiger partial charge in [0, 0.05) is 17.5 Å². The molecule has 3 aromatic rings. The number of aromatic nitrogens is 5. The van der Waals surface area contributed by atoms with Crippen LogP contribution >= 0.6 is 0 Å². The number of hydrogen-bond donors (Lipinski definition) is 1. The van der Waals surface area contributed by atoms with Crippen molar-refractivity contribution in [3.63, 3.8) is 0 Å². The minimum atomic E-state index is -1.97. The molecule has 9 heteroatoms. The molecule has 0 unspecified atom stereocenters. The quantitative estimate of drug-likeness (QED) is 0.740. The highest BCUT2D eigenvalue weighted by Crippen LogP contribution is 2.40. The van der Waals surface area contributed by atoms with Gasteiger partial charge < -0.3 is 5.11 Å². The van der Waals surface area contributed by atoms with Gasteiger partial charge in [0.25, 0.3) is 0 Å². The first kappa shape index (κ1) is 19.0. The first-order valence-electron chi connectivity index (χ1n) is 8.23. The molecule has 0 aliphatic rings. The molecule has 0 aliphatic heterocycles. The van der Waals surface area contributed by atoms with Crippen LogP contribution in [0.2, 0.25) is 0 Å². The minimum absolute atomic E-state index is 0.0636. The minimum Gasteiger partial charge on any atom is -0.382 e. The second-order valence-corrected chi connectivity index (χ2v) is 6.42. The van der Waals surface area contributed by atoms with Crippen LogP contribution in [-0.4, -0.2) is 29.8 Å². The third kappa shape index (κ3) is 3.55. The van der Waals surface area contributed by atoms with Crippen molar-refractivity contribution < 1.29 is 18.3 Å². The van der Waals surface area contributed by atoms with Gasteiger partial charge in [-0.2, -0.15) is 5.10 Å². The molecule has 2 atom stereocenters. The van der Waals surface area contributed by atoms with Crippen molar-refractivity contribution in [2.24, 2.45) is 0 Å². The van der Waals surface area contributed by atoms with Gasteiger partial charge in [-0.1, -0.05) is 13.0 Å². The lowest BCUT2D eigenvalue weighted by molar-refractivity contribution is -0.0134. The van der Waals surface area contributed by atoms with E-state index in [0.29, 0.717) is 11.9 Å². The van der Waals surface area contributed by atoms with Crippen molar-refractivity contribution in [3.8, 4) is 0 Å². The first-order valence-corrected chi connectivity index (χ1v) is 8.23. The standard InChI is InChI=1S/C18H18F3N5O/c1-10(17-16(21)11(2)24-12(3)25-17)18(27,7-26-9-22-8-23-26)14-5-4-13(19)6-15(14)20/h4-6,8-10,27H,7H2,1-3H3/t10-,18+/m0/s1. The fourth-order valence-electron chi connectivity index (χ4n) is 3.10. The van der Waals surface area contributed by atoms with E-state index in [1.807, 2.05) is 0 Å². The SMILES string of the molecule is Cc1nc(C)c(F)c([C@H](C)[C@](O)(Cn2cncn2)c2ccc(F)cc2F)n1. The average molecular weight is 377 g/mol. The van der Waals surface area contributed by atoms with Crippen LogP contribution in [0.4, 0.5) is 13.2 Å². The van der Waals surface area contributed by atoms with Gasteiger partial charge in [-0.05, 0) is 19.9 Å². The van der Waals surface area contributed by atoms with Crippen molar-refractivity contribution in [1.82, 2.24) is 24.7 Å². The molecule has 0 spiro atoms. The molecule has 1 N–H and O–H groups in total. The van der Waals surface area contributed by atoms with Gasteiger partial charge in [-0.25, -0.2) is 32.8 Å². The summed E-state index contributed by atoms with van der Waals surface area (Å²) in [6.07, 6.45) is 2.59. The largest absolute Gasteiger partial charge is 0.382 e. The molecule has 0 amide bonds. The molecule has 27 heavy (non-hydrogen) atoms. The molecule has 0 saturated heterocycles. The maximum absolute atomic E-state index is 14.7. The van der Waals surface area contributed by atoms with Crippen LogP contribution in [-0.2, 0) is 12.1 Å². The van der Waals surface area contributed by atoms with E-state index in [1.165, 1.54) is 31.2 Å². The molecule has 0 aliphatic carbocycles. The highest BCUT2D eigenvalue weighted by atomic mass is 19.1. The predicted octanol–water partition coefficient (Wildman–Crippen LogP) is 2.79. The summed E-state index contributed by atoms with van der Waals surface area (Å²) < 4.78 is 43.9. The van der Waals surface area contributed by atoms with E-state index in [4.69, 9.17) is 0 Å². The molecule has 2 aromatic heterocycles. The van der Waals surface area contributed by atoms with Crippen LogP contribution < -0.4 is 0 Å². The van der Waals surface area contributed by atoms with Crippen LogP contribution in [0.1, 0.15) is 35.6 Å². The van der Waals surface area contributed by atoms with Gasteiger partial charge in [-0.15, -0.1) is 0 Å². The molecule has 0 bridgehead atoms. The number of rotatable bonds is 5. The Kier molecular flexibility index (Phi) is 4.97. The molecular weight excluding hydrogens is 359 g/mol. The lowest BCUT2D eigenvalue weighted by Crippen LogP contribution is -2.39. The Morgan fingerprint density at radius 3 is 2.56 bits per heavy atom. The summed E-state index contributed by atoms with van der Waals surface area (Å²) in [5, 5.41) is 15.4. The van der Waals surface area contributed by atoms with E-state index in [-0.39, 0.29) is 23.5 Å². The van der Waals surface area contributed by atoms with Crippen molar-refractivity contribution in [2.45, 2.75) is 38.8 Å². The Labute approximate surface area is 153 Å². The lowest BCUT2D eigenvalue weighted by atomic mass is 9.79. The number of halogens is 3. The van der Waals surface area contributed by atoms with Crippen molar-refractivity contribution >= 4 is 0 Å². The summed E-state index contributed by atoms with van der Waals surface area (Å²) in [4.78, 5) is 11.9. The van der Waals surface area contributed by atoms with E-state index in [9.17, 15) is 18.3 Å². The summed E-state index contributed by atoms with van der Waals surface area (Å²) in [5.41, 5.74) is -2.11. The third-order valence-corrected chi connectivity index (χ3v) is 4.55. The van der Waals surface area contributed by atoms with Crippen molar-refractivity contribution in [2.75, 3.05) is 0 Å². The normalized spacial score (nSPS) is 14.8. The first-order chi connectivity index (χ1) is 12.7. The van der Waals surface area contributed by atoms with Crippen LogP contribution in [0.3, 0.4) is 0 Å². The van der Waals surface area contributed by atoms with E-state index in [0.717, 1.165) is 12.1 Å². The zero-order chi connectivity index (χ0) is 19.8. The van der Waals surface area contributed by atoms with Gasteiger partial charge in [-0.3, -0.25) is 0 Å². The Bertz CT molecular complexity index is 964. The van der Waals surface area contributed by atoms with E-state index in [1.54, 1.807) is 6.92 Å². The molecule has 0 fully saturated rings. The fraction of sp³-hybridized carbons (Fsp3) is 0.333. The number of aryl methyl sites for hydroxylation is 2. The highest BCUT2D eigenvalue weighted by Gasteiger charge is 2.42. The van der Waals surface area contributed by atoms with Gasteiger partial charge in [0.1, 0.15) is 35.7 Å². The Hall–Kier alpha value is -2.81. The van der Waals surface area contributed by atoms with Crippen LogP contribution in [0.25, 0.3) is 0 Å². The number of hydrogen-bond acceptors (Lipinski definition) is 5. The van der Waals surface area contributed by atoms with E-state index < -0.39 is 29.0 Å². The maximum atomic E-state index is 14.7. The Morgan fingerprint density at radius 1 is 1.19 bits per heavy atom. The Morgan fingerprint density at radius 2 is 1.93 bits per heavy atom. The highest BCUT2D eigenvalue weighted by molar-refractivity contribution is 5.31.